The van der Waals surface area contributed by atoms with Crippen molar-refractivity contribution in [3.05, 3.63) is 0 Å². The van der Waals surface area contributed by atoms with Crippen LogP contribution in [0.15, 0.2) is 0 Å². The molecular weight excluding hydrogens is 136 g/mol. The van der Waals surface area contributed by atoms with Gasteiger partial charge < -0.3 is 14.6 Å². The first-order chi connectivity index (χ1) is 4.66. The van der Waals surface area contributed by atoms with Gasteiger partial charge in [-0.15, -0.1) is 0 Å². The zero-order valence-corrected chi connectivity index (χ0v) is 6.16. The van der Waals surface area contributed by atoms with E-state index in [1.54, 1.807) is 13.8 Å². The van der Waals surface area contributed by atoms with Gasteiger partial charge in [-0.3, -0.25) is 0 Å². The number of rotatable bonds is 3. The molecular formula is C6H12O4. The molecule has 4 nitrogen and oxygen atoms in total. The Balaban J connectivity index is 3.26. The summed E-state index contributed by atoms with van der Waals surface area (Å²) in [4.78, 5) is 10.5. The van der Waals surface area contributed by atoms with Crippen molar-refractivity contribution in [1.82, 2.24) is 0 Å². The maximum absolute atomic E-state index is 10.5. The fourth-order valence-electron chi connectivity index (χ4n) is 0.355. The minimum Gasteiger partial charge on any atom is -0.432 e. The Kier molecular flexibility index (Phi) is 4.66. The average molecular weight is 148 g/mol. The van der Waals surface area contributed by atoms with Gasteiger partial charge in [0.2, 0.25) is 0 Å². The number of carbonyl (C=O) groups excluding carboxylic acids is 1. The van der Waals surface area contributed by atoms with Crippen LogP contribution in [0.5, 0.6) is 0 Å². The minimum atomic E-state index is -0.732. The molecule has 0 spiro atoms. The maximum atomic E-state index is 10.5. The van der Waals surface area contributed by atoms with Crippen molar-refractivity contribution in [2.75, 3.05) is 13.2 Å². The first-order valence-electron chi connectivity index (χ1n) is 3.11. The molecule has 0 bridgehead atoms. The molecule has 4 heteroatoms. The fraction of sp³-hybridized carbons (Fsp3) is 0.833. The molecule has 0 saturated heterocycles. The Bertz CT molecular complexity index is 99.9. The Morgan fingerprint density at radius 2 is 2.20 bits per heavy atom. The molecule has 0 saturated carbocycles. The largest absolute Gasteiger partial charge is 0.508 e. The third kappa shape index (κ3) is 5.37. The average Bonchev–Trinajstić information content (AvgIpc) is 1.82. The summed E-state index contributed by atoms with van der Waals surface area (Å²) in [6, 6.07) is 0. The molecule has 0 aliphatic carbocycles. The van der Waals surface area contributed by atoms with Crippen LogP contribution >= 0.6 is 0 Å². The first kappa shape index (κ1) is 9.23. The molecule has 0 aliphatic heterocycles. The lowest BCUT2D eigenvalue weighted by atomic mass is 10.5. The van der Waals surface area contributed by atoms with E-state index in [0.717, 1.165) is 0 Å². The second kappa shape index (κ2) is 5.05. The fourth-order valence-corrected chi connectivity index (χ4v) is 0.355. The van der Waals surface area contributed by atoms with Crippen molar-refractivity contribution >= 4 is 6.16 Å². The molecule has 0 aromatic rings. The Morgan fingerprint density at radius 1 is 1.60 bits per heavy atom. The van der Waals surface area contributed by atoms with Crippen LogP contribution in [0.4, 0.5) is 4.79 Å². The lowest BCUT2D eigenvalue weighted by Crippen LogP contribution is -2.14. The summed E-state index contributed by atoms with van der Waals surface area (Å²) >= 11 is 0. The van der Waals surface area contributed by atoms with E-state index in [9.17, 15) is 4.79 Å². The van der Waals surface area contributed by atoms with Gasteiger partial charge in [0.05, 0.1) is 12.7 Å². The van der Waals surface area contributed by atoms with Crippen molar-refractivity contribution in [3.8, 4) is 0 Å². The highest BCUT2D eigenvalue weighted by Crippen LogP contribution is 1.91. The molecule has 1 N–H and O–H groups in total. The van der Waals surface area contributed by atoms with Gasteiger partial charge >= 0.3 is 6.16 Å². The summed E-state index contributed by atoms with van der Waals surface area (Å²) in [5, 5.41) is 8.22. The van der Waals surface area contributed by atoms with Crippen molar-refractivity contribution < 1.29 is 19.4 Å². The molecule has 0 aromatic carbocycles. The van der Waals surface area contributed by atoms with E-state index in [4.69, 9.17) is 5.11 Å². The zero-order chi connectivity index (χ0) is 7.98. The van der Waals surface area contributed by atoms with Gasteiger partial charge in [-0.25, -0.2) is 4.79 Å². The van der Waals surface area contributed by atoms with Crippen molar-refractivity contribution in [2.45, 2.75) is 20.0 Å². The van der Waals surface area contributed by atoms with Crippen LogP contribution in [0.2, 0.25) is 0 Å². The van der Waals surface area contributed by atoms with Crippen LogP contribution < -0.4 is 0 Å². The third-order valence-electron chi connectivity index (χ3n) is 0.643. The van der Waals surface area contributed by atoms with Crippen molar-refractivity contribution in [1.29, 1.82) is 0 Å². The number of aliphatic hydroxyl groups excluding tert-OH is 1. The number of carbonyl (C=O) groups is 1. The lowest BCUT2D eigenvalue weighted by Gasteiger charge is -2.06. The monoisotopic (exact) mass is 148 g/mol. The van der Waals surface area contributed by atoms with Gasteiger partial charge in [0.1, 0.15) is 6.61 Å². The topological polar surface area (TPSA) is 55.8 Å². The van der Waals surface area contributed by atoms with E-state index in [0.29, 0.717) is 0 Å². The van der Waals surface area contributed by atoms with E-state index >= 15 is 0 Å². The van der Waals surface area contributed by atoms with E-state index in [1.807, 2.05) is 0 Å². The Morgan fingerprint density at radius 3 is 2.60 bits per heavy atom. The highest BCUT2D eigenvalue weighted by Gasteiger charge is 2.04. The molecule has 0 unspecified atom stereocenters. The van der Waals surface area contributed by atoms with E-state index in [-0.39, 0.29) is 19.3 Å². The summed E-state index contributed by atoms with van der Waals surface area (Å²) < 4.78 is 8.97. The molecule has 0 aromatic heterocycles. The first-order valence-corrected chi connectivity index (χ1v) is 3.11. The Hall–Kier alpha value is -0.770. The highest BCUT2D eigenvalue weighted by molar-refractivity contribution is 5.59. The van der Waals surface area contributed by atoms with Crippen molar-refractivity contribution in [3.63, 3.8) is 0 Å². The minimum absolute atomic E-state index is 0.00838. The zero-order valence-electron chi connectivity index (χ0n) is 6.16. The van der Waals surface area contributed by atoms with Gasteiger partial charge in [0.25, 0.3) is 0 Å². The second-order valence-corrected chi connectivity index (χ2v) is 1.99. The summed E-state index contributed by atoms with van der Waals surface area (Å²) in [7, 11) is 0. The number of aliphatic hydroxyl groups is 1. The maximum Gasteiger partial charge on any atom is 0.508 e. The summed E-state index contributed by atoms with van der Waals surface area (Å²) in [5.74, 6) is 0. The summed E-state index contributed by atoms with van der Waals surface area (Å²) in [5.41, 5.74) is 0. The quantitative estimate of drug-likeness (QED) is 0.593. The van der Waals surface area contributed by atoms with Crippen LogP contribution in [0, 0.1) is 0 Å². The molecule has 0 radical (unpaired) electrons. The number of ether oxygens (including phenoxy) is 2. The van der Waals surface area contributed by atoms with Gasteiger partial charge in [0, 0.05) is 0 Å². The molecule has 0 atom stereocenters. The van der Waals surface area contributed by atoms with Gasteiger partial charge in [-0.05, 0) is 13.8 Å². The highest BCUT2D eigenvalue weighted by atomic mass is 16.7. The van der Waals surface area contributed by atoms with E-state index < -0.39 is 6.16 Å². The molecule has 0 heterocycles. The molecule has 0 aliphatic rings. The van der Waals surface area contributed by atoms with Crippen molar-refractivity contribution in [2.24, 2.45) is 0 Å². The van der Waals surface area contributed by atoms with Crippen LogP contribution in [-0.4, -0.2) is 30.6 Å². The smallest absolute Gasteiger partial charge is 0.432 e. The van der Waals surface area contributed by atoms with Crippen LogP contribution in [0.1, 0.15) is 13.8 Å². The van der Waals surface area contributed by atoms with E-state index in [2.05, 4.69) is 9.47 Å². The van der Waals surface area contributed by atoms with Crippen LogP contribution in [-0.2, 0) is 9.47 Å². The second-order valence-electron chi connectivity index (χ2n) is 1.99. The predicted molar refractivity (Wildman–Crippen MR) is 34.7 cm³/mol. The number of hydrogen-bond donors (Lipinski definition) is 1. The molecule has 10 heavy (non-hydrogen) atoms. The van der Waals surface area contributed by atoms with Crippen LogP contribution in [0.3, 0.4) is 0 Å². The summed E-state index contributed by atoms with van der Waals surface area (Å²) in [6.45, 7) is 3.26. The third-order valence-corrected chi connectivity index (χ3v) is 0.643. The number of hydrogen-bond acceptors (Lipinski definition) is 4. The molecule has 0 fully saturated rings. The van der Waals surface area contributed by atoms with Gasteiger partial charge in [-0.1, -0.05) is 0 Å². The summed E-state index contributed by atoms with van der Waals surface area (Å²) in [6.07, 6.45) is -0.907. The lowest BCUT2D eigenvalue weighted by molar-refractivity contribution is 0.0253. The molecule has 0 rings (SSSR count). The van der Waals surface area contributed by atoms with Gasteiger partial charge in [0.15, 0.2) is 0 Å². The molecule has 60 valence electrons. The SMILES string of the molecule is CC(C)OC(=O)OCCO. The normalized spacial score (nSPS) is 9.60. The predicted octanol–water partition coefficient (Wildman–Crippen LogP) is 0.540. The van der Waals surface area contributed by atoms with Crippen LogP contribution in [0.25, 0.3) is 0 Å². The van der Waals surface area contributed by atoms with E-state index in [1.165, 1.54) is 0 Å². The Labute approximate surface area is 59.7 Å². The van der Waals surface area contributed by atoms with Gasteiger partial charge in [-0.2, -0.15) is 0 Å². The molecule has 0 amide bonds. The standard InChI is InChI=1S/C6H12O4/c1-5(2)10-6(8)9-4-3-7/h5,7H,3-4H2,1-2H3.